The second kappa shape index (κ2) is 8.64. The van der Waals surface area contributed by atoms with Crippen LogP contribution in [0.15, 0.2) is 36.4 Å². The number of halogens is 1. The molecule has 1 amide bonds. The first-order valence-electron chi connectivity index (χ1n) is 10.1. The van der Waals surface area contributed by atoms with Crippen molar-refractivity contribution >= 4 is 41.5 Å². The van der Waals surface area contributed by atoms with Crippen molar-refractivity contribution in [1.29, 1.82) is 0 Å². The number of aromatic nitrogens is 4. The molecule has 0 saturated heterocycles. The van der Waals surface area contributed by atoms with Gasteiger partial charge < -0.3 is 29.8 Å². The lowest BCUT2D eigenvalue weighted by Gasteiger charge is -2.15. The number of amides is 1. The number of carbonyl (C=O) groups excluding carboxylic acids is 1. The molecule has 178 valence electrons. The first-order chi connectivity index (χ1) is 15.9. The summed E-state index contributed by atoms with van der Waals surface area (Å²) >= 11 is 0. The molecule has 2 aromatic heterocycles. The van der Waals surface area contributed by atoms with Gasteiger partial charge in [0, 0.05) is 12.6 Å². The number of imidazole rings is 2. The predicted molar refractivity (Wildman–Crippen MR) is 120 cm³/mol. The van der Waals surface area contributed by atoms with E-state index in [1.54, 1.807) is 23.7 Å². The topological polar surface area (TPSA) is 170 Å². The van der Waals surface area contributed by atoms with Crippen LogP contribution in [0.1, 0.15) is 34.8 Å². The molecule has 0 spiro atoms. The average molecular weight is 489 g/mol. The quantitative estimate of drug-likeness (QED) is 0.246. The SMILES string of the molecule is CC(c1nc2ccc(F)cc2[nH]1)c1nc2ccc(C(=O)NC(CP(=O)(O)O)C(=O)O)cc2n1C. The van der Waals surface area contributed by atoms with Crippen LogP contribution in [-0.2, 0) is 16.4 Å². The van der Waals surface area contributed by atoms with Gasteiger partial charge in [-0.2, -0.15) is 0 Å². The number of carbonyl (C=O) groups is 2. The lowest BCUT2D eigenvalue weighted by Crippen LogP contribution is -2.43. The second-order valence-electron chi connectivity index (χ2n) is 7.95. The van der Waals surface area contributed by atoms with Gasteiger partial charge in [0.2, 0.25) is 0 Å². The number of aliphatic carboxylic acids is 1. The molecule has 13 heteroatoms. The van der Waals surface area contributed by atoms with E-state index in [1.165, 1.54) is 24.3 Å². The monoisotopic (exact) mass is 489 g/mol. The molecule has 34 heavy (non-hydrogen) atoms. The van der Waals surface area contributed by atoms with Crippen LogP contribution < -0.4 is 5.32 Å². The van der Waals surface area contributed by atoms with Gasteiger partial charge in [0.25, 0.3) is 5.91 Å². The van der Waals surface area contributed by atoms with Gasteiger partial charge in [-0.05, 0) is 43.3 Å². The lowest BCUT2D eigenvalue weighted by atomic mass is 10.1. The fourth-order valence-electron chi connectivity index (χ4n) is 3.73. The van der Waals surface area contributed by atoms with Gasteiger partial charge in [-0.15, -0.1) is 0 Å². The van der Waals surface area contributed by atoms with Gasteiger partial charge in [0.1, 0.15) is 23.5 Å². The van der Waals surface area contributed by atoms with Crippen LogP contribution in [0, 0.1) is 5.82 Å². The Morgan fingerprint density at radius 2 is 1.88 bits per heavy atom. The first kappa shape index (κ1) is 23.6. The van der Waals surface area contributed by atoms with Crippen molar-refractivity contribution < 1.29 is 33.4 Å². The minimum atomic E-state index is -4.66. The van der Waals surface area contributed by atoms with Crippen molar-refractivity contribution in [1.82, 2.24) is 24.8 Å². The highest BCUT2D eigenvalue weighted by molar-refractivity contribution is 7.51. The minimum absolute atomic E-state index is 0.103. The molecular formula is C21H21FN5O6P. The van der Waals surface area contributed by atoms with Crippen LogP contribution in [-0.4, -0.2) is 58.5 Å². The normalized spacial score (nSPS) is 13.8. The number of carboxylic acid groups (broad SMARTS) is 1. The molecule has 2 aromatic carbocycles. The molecule has 0 fully saturated rings. The van der Waals surface area contributed by atoms with E-state index in [0.29, 0.717) is 33.7 Å². The average Bonchev–Trinajstić information content (AvgIpc) is 3.32. The van der Waals surface area contributed by atoms with Crippen LogP contribution in [0.2, 0.25) is 0 Å². The summed E-state index contributed by atoms with van der Waals surface area (Å²) in [6, 6.07) is 7.06. The van der Waals surface area contributed by atoms with Gasteiger partial charge in [0.05, 0.1) is 34.1 Å². The Labute approximate surface area is 191 Å². The zero-order valence-electron chi connectivity index (χ0n) is 18.1. The summed E-state index contributed by atoms with van der Waals surface area (Å²) in [5, 5.41) is 11.3. The van der Waals surface area contributed by atoms with Crippen molar-refractivity contribution in [3.8, 4) is 0 Å². The molecule has 4 aromatic rings. The predicted octanol–water partition coefficient (Wildman–Crippen LogP) is 2.10. The highest BCUT2D eigenvalue weighted by Crippen LogP contribution is 2.35. The molecule has 11 nitrogen and oxygen atoms in total. The van der Waals surface area contributed by atoms with Gasteiger partial charge in [0.15, 0.2) is 0 Å². The van der Waals surface area contributed by atoms with Gasteiger partial charge >= 0.3 is 13.6 Å². The van der Waals surface area contributed by atoms with Crippen LogP contribution in [0.4, 0.5) is 4.39 Å². The highest BCUT2D eigenvalue weighted by atomic mass is 31.2. The zero-order chi connectivity index (χ0) is 24.8. The first-order valence-corrected chi connectivity index (χ1v) is 11.9. The molecule has 2 unspecified atom stereocenters. The summed E-state index contributed by atoms with van der Waals surface area (Å²) < 4.78 is 26.5. The van der Waals surface area contributed by atoms with Gasteiger partial charge in [-0.25, -0.2) is 19.2 Å². The second-order valence-corrected chi connectivity index (χ2v) is 9.64. The Morgan fingerprint density at radius 3 is 2.56 bits per heavy atom. The number of rotatable bonds is 7. The highest BCUT2D eigenvalue weighted by Gasteiger charge is 2.29. The third-order valence-corrected chi connectivity index (χ3v) is 6.30. The molecule has 0 aliphatic carbocycles. The maximum Gasteiger partial charge on any atom is 0.328 e. The van der Waals surface area contributed by atoms with E-state index >= 15 is 0 Å². The summed E-state index contributed by atoms with van der Waals surface area (Å²) in [5.74, 6) is -1.83. The van der Waals surface area contributed by atoms with Crippen molar-refractivity contribution in [2.24, 2.45) is 7.05 Å². The number of carboxylic acids is 1. The van der Waals surface area contributed by atoms with Crippen molar-refractivity contribution in [3.63, 3.8) is 0 Å². The molecule has 0 radical (unpaired) electrons. The number of hydrogen-bond donors (Lipinski definition) is 5. The Kier molecular flexibility index (Phi) is 5.98. The fourth-order valence-corrected chi connectivity index (χ4v) is 4.45. The van der Waals surface area contributed by atoms with Crippen LogP contribution in [0.5, 0.6) is 0 Å². The van der Waals surface area contributed by atoms with Gasteiger partial charge in [-0.3, -0.25) is 9.36 Å². The Bertz CT molecular complexity index is 1480. The minimum Gasteiger partial charge on any atom is -0.480 e. The molecule has 2 heterocycles. The third kappa shape index (κ3) is 4.69. The number of aromatic amines is 1. The number of fused-ring (bicyclic) bond motifs is 2. The number of H-pyrrole nitrogens is 1. The maximum absolute atomic E-state index is 13.5. The van der Waals surface area contributed by atoms with Crippen LogP contribution in [0.25, 0.3) is 22.1 Å². The van der Waals surface area contributed by atoms with Gasteiger partial charge in [-0.1, -0.05) is 0 Å². The molecule has 5 N–H and O–H groups in total. The Balaban J connectivity index is 1.63. The molecule has 4 rings (SSSR count). The summed E-state index contributed by atoms with van der Waals surface area (Å²) in [7, 11) is -2.91. The molecule has 0 bridgehead atoms. The molecular weight excluding hydrogens is 468 g/mol. The molecule has 2 atom stereocenters. The van der Waals surface area contributed by atoms with E-state index in [2.05, 4.69) is 20.3 Å². The van der Waals surface area contributed by atoms with Crippen LogP contribution >= 0.6 is 7.60 Å². The lowest BCUT2D eigenvalue weighted by molar-refractivity contribution is -0.138. The number of benzene rings is 2. The number of nitrogens with one attached hydrogen (secondary N) is 2. The van der Waals surface area contributed by atoms with E-state index in [-0.39, 0.29) is 17.3 Å². The largest absolute Gasteiger partial charge is 0.480 e. The Hall–Kier alpha value is -3.60. The molecule has 0 aliphatic rings. The fraction of sp³-hybridized carbons (Fsp3) is 0.238. The standard InChI is InChI=1S/C21H21FN5O6P/c1-10(18-23-13-6-4-12(22)8-15(13)24-18)19-25-14-5-3-11(7-17(14)27(19)2)20(28)26-16(21(29)30)9-34(31,32)33/h3-8,10,16H,9H2,1-2H3,(H,23,24)(H,26,28)(H,29,30)(H2,31,32,33). The summed E-state index contributed by atoms with van der Waals surface area (Å²) in [6.07, 6.45) is -1.02. The molecule has 0 aliphatic heterocycles. The number of nitrogens with zero attached hydrogens (tertiary/aromatic N) is 3. The van der Waals surface area contributed by atoms with E-state index < -0.39 is 31.7 Å². The smallest absolute Gasteiger partial charge is 0.328 e. The van der Waals surface area contributed by atoms with E-state index in [1.807, 2.05) is 6.92 Å². The number of hydrogen-bond acceptors (Lipinski definition) is 5. The summed E-state index contributed by atoms with van der Waals surface area (Å²) in [6.45, 7) is 1.88. The Morgan fingerprint density at radius 1 is 1.18 bits per heavy atom. The zero-order valence-corrected chi connectivity index (χ0v) is 19.0. The van der Waals surface area contributed by atoms with Crippen LogP contribution in [0.3, 0.4) is 0 Å². The van der Waals surface area contributed by atoms with E-state index in [9.17, 15) is 23.7 Å². The van der Waals surface area contributed by atoms with E-state index in [4.69, 9.17) is 9.79 Å². The number of aryl methyl sites for hydroxylation is 1. The van der Waals surface area contributed by atoms with Crippen molar-refractivity contribution in [3.05, 3.63) is 59.4 Å². The van der Waals surface area contributed by atoms with Crippen molar-refractivity contribution in [2.75, 3.05) is 6.16 Å². The third-order valence-electron chi connectivity index (χ3n) is 5.46. The summed E-state index contributed by atoms with van der Waals surface area (Å²) in [5.41, 5.74) is 2.43. The summed E-state index contributed by atoms with van der Waals surface area (Å²) in [4.78, 5) is 54.2. The molecule has 0 saturated carbocycles. The van der Waals surface area contributed by atoms with Crippen molar-refractivity contribution in [2.45, 2.75) is 18.9 Å². The maximum atomic E-state index is 13.5. The van der Waals surface area contributed by atoms with E-state index in [0.717, 1.165) is 0 Å².